The second kappa shape index (κ2) is 4.43. The van der Waals surface area contributed by atoms with Crippen molar-refractivity contribution >= 4 is 11.9 Å². The topological polar surface area (TPSA) is 53.7 Å². The highest BCUT2D eigenvalue weighted by Gasteiger charge is 2.24. The number of rotatable bonds is 2. The maximum absolute atomic E-state index is 10.8. The van der Waals surface area contributed by atoms with Crippen molar-refractivity contribution in [3.8, 4) is 0 Å². The molecule has 2 heterocycles. The summed E-state index contributed by atoms with van der Waals surface area (Å²) in [5.41, 5.74) is 0.372. The minimum atomic E-state index is -1.01. The molecule has 2 rings (SSSR count). The highest BCUT2D eigenvalue weighted by atomic mass is 16.4. The predicted octanol–water partition coefficient (Wildman–Crippen LogP) is 2.99. The van der Waals surface area contributed by atoms with Gasteiger partial charge in [0.2, 0.25) is 5.76 Å². The minimum Gasteiger partial charge on any atom is -0.475 e. The zero-order valence-electron chi connectivity index (χ0n) is 10.4. The molecule has 0 bridgehead atoms. The molecule has 0 aliphatic carbocycles. The van der Waals surface area contributed by atoms with Gasteiger partial charge in [-0.2, -0.15) is 0 Å². The Balaban J connectivity index is 2.09. The average Bonchev–Trinajstić information content (AvgIpc) is 2.65. The second-order valence-electron chi connectivity index (χ2n) is 5.45. The molecule has 1 aliphatic heterocycles. The molecular weight excluding hydrogens is 218 g/mol. The summed E-state index contributed by atoms with van der Waals surface area (Å²) in [6, 6.07) is 3.27. The zero-order chi connectivity index (χ0) is 12.5. The van der Waals surface area contributed by atoms with Gasteiger partial charge in [0.15, 0.2) is 5.88 Å². The summed E-state index contributed by atoms with van der Waals surface area (Å²) in [6.07, 6.45) is 3.43. The van der Waals surface area contributed by atoms with Gasteiger partial charge in [-0.25, -0.2) is 4.79 Å². The van der Waals surface area contributed by atoms with Crippen LogP contribution in [-0.2, 0) is 0 Å². The van der Waals surface area contributed by atoms with Crippen LogP contribution < -0.4 is 4.90 Å². The molecule has 94 valence electrons. The molecule has 1 saturated heterocycles. The van der Waals surface area contributed by atoms with Gasteiger partial charge in [-0.3, -0.25) is 0 Å². The summed E-state index contributed by atoms with van der Waals surface area (Å²) in [7, 11) is 0. The molecule has 1 fully saturated rings. The minimum absolute atomic E-state index is 0.0171. The molecular formula is C13H19NO3. The van der Waals surface area contributed by atoms with Crippen molar-refractivity contribution < 1.29 is 14.3 Å². The van der Waals surface area contributed by atoms with Gasteiger partial charge in [0, 0.05) is 19.2 Å². The van der Waals surface area contributed by atoms with Crippen molar-refractivity contribution in [1.29, 1.82) is 0 Å². The molecule has 0 spiro atoms. The maximum Gasteiger partial charge on any atom is 0.371 e. The Labute approximate surface area is 101 Å². The van der Waals surface area contributed by atoms with E-state index in [4.69, 9.17) is 9.52 Å². The molecule has 17 heavy (non-hydrogen) atoms. The molecule has 0 unspecified atom stereocenters. The van der Waals surface area contributed by atoms with Crippen molar-refractivity contribution in [1.82, 2.24) is 0 Å². The van der Waals surface area contributed by atoms with E-state index in [0.29, 0.717) is 11.3 Å². The van der Waals surface area contributed by atoms with Crippen molar-refractivity contribution in [2.24, 2.45) is 5.41 Å². The SMILES string of the molecule is CC1(C)CCCN(c2ccc(C(=O)O)o2)CC1. The second-order valence-corrected chi connectivity index (χ2v) is 5.45. The smallest absolute Gasteiger partial charge is 0.371 e. The number of carbonyl (C=O) groups is 1. The third kappa shape index (κ3) is 2.81. The van der Waals surface area contributed by atoms with Crippen LogP contribution in [0.25, 0.3) is 0 Å². The van der Waals surface area contributed by atoms with Crippen LogP contribution in [0.5, 0.6) is 0 Å². The highest BCUT2D eigenvalue weighted by molar-refractivity contribution is 5.84. The van der Waals surface area contributed by atoms with Crippen LogP contribution in [0.2, 0.25) is 0 Å². The van der Waals surface area contributed by atoms with E-state index in [-0.39, 0.29) is 5.76 Å². The van der Waals surface area contributed by atoms with E-state index in [1.807, 2.05) is 0 Å². The molecule has 0 atom stereocenters. The van der Waals surface area contributed by atoms with Gasteiger partial charge in [-0.05, 0) is 30.7 Å². The van der Waals surface area contributed by atoms with E-state index in [9.17, 15) is 4.79 Å². The van der Waals surface area contributed by atoms with E-state index in [1.54, 1.807) is 6.07 Å². The number of hydrogen-bond acceptors (Lipinski definition) is 3. The number of aromatic carboxylic acids is 1. The Morgan fingerprint density at radius 2 is 2.12 bits per heavy atom. The van der Waals surface area contributed by atoms with Crippen molar-refractivity contribution in [3.05, 3.63) is 17.9 Å². The first-order chi connectivity index (χ1) is 7.98. The lowest BCUT2D eigenvalue weighted by molar-refractivity contribution is 0.0663. The number of furan rings is 1. The van der Waals surface area contributed by atoms with E-state index in [1.165, 1.54) is 12.5 Å². The molecule has 1 aromatic rings. The van der Waals surface area contributed by atoms with Gasteiger partial charge in [0.1, 0.15) is 0 Å². The molecule has 1 aromatic heterocycles. The lowest BCUT2D eigenvalue weighted by Crippen LogP contribution is -2.24. The number of carboxylic acids is 1. The zero-order valence-corrected chi connectivity index (χ0v) is 10.4. The Kier molecular flexibility index (Phi) is 3.13. The fourth-order valence-corrected chi connectivity index (χ4v) is 2.26. The Morgan fingerprint density at radius 3 is 2.76 bits per heavy atom. The Morgan fingerprint density at radius 1 is 1.35 bits per heavy atom. The van der Waals surface area contributed by atoms with Gasteiger partial charge in [-0.1, -0.05) is 13.8 Å². The first kappa shape index (κ1) is 12.0. The van der Waals surface area contributed by atoms with E-state index in [0.717, 1.165) is 25.9 Å². The fourth-order valence-electron chi connectivity index (χ4n) is 2.26. The number of anilines is 1. The van der Waals surface area contributed by atoms with Crippen LogP contribution in [0, 0.1) is 5.41 Å². The van der Waals surface area contributed by atoms with Crippen molar-refractivity contribution in [2.75, 3.05) is 18.0 Å². The fraction of sp³-hybridized carbons (Fsp3) is 0.615. The Hall–Kier alpha value is -1.45. The van der Waals surface area contributed by atoms with Crippen LogP contribution in [-0.4, -0.2) is 24.2 Å². The summed E-state index contributed by atoms with van der Waals surface area (Å²) in [6.45, 7) is 6.43. The highest BCUT2D eigenvalue weighted by Crippen LogP contribution is 2.32. The van der Waals surface area contributed by atoms with Gasteiger partial charge in [-0.15, -0.1) is 0 Å². The largest absolute Gasteiger partial charge is 0.475 e. The summed E-state index contributed by atoms with van der Waals surface area (Å²) >= 11 is 0. The van der Waals surface area contributed by atoms with Crippen LogP contribution in [0.3, 0.4) is 0 Å². The van der Waals surface area contributed by atoms with Crippen molar-refractivity contribution in [3.63, 3.8) is 0 Å². The first-order valence-electron chi connectivity index (χ1n) is 6.06. The molecule has 4 nitrogen and oxygen atoms in total. The van der Waals surface area contributed by atoms with Gasteiger partial charge in [0.25, 0.3) is 0 Å². The molecule has 0 radical (unpaired) electrons. The molecule has 0 saturated carbocycles. The summed E-state index contributed by atoms with van der Waals surface area (Å²) in [5, 5.41) is 8.82. The van der Waals surface area contributed by atoms with E-state index >= 15 is 0 Å². The monoisotopic (exact) mass is 237 g/mol. The summed E-state index contributed by atoms with van der Waals surface area (Å²) in [4.78, 5) is 12.9. The first-order valence-corrected chi connectivity index (χ1v) is 6.06. The van der Waals surface area contributed by atoms with Crippen molar-refractivity contribution in [2.45, 2.75) is 33.1 Å². The quantitative estimate of drug-likeness (QED) is 0.859. The number of nitrogens with zero attached hydrogens (tertiary/aromatic N) is 1. The maximum atomic E-state index is 10.8. The van der Waals surface area contributed by atoms with E-state index < -0.39 is 5.97 Å². The molecule has 0 aromatic carbocycles. The average molecular weight is 237 g/mol. The number of carboxylic acid groups (broad SMARTS) is 1. The third-order valence-electron chi connectivity index (χ3n) is 3.45. The lowest BCUT2D eigenvalue weighted by Gasteiger charge is -2.22. The molecule has 4 heteroatoms. The summed E-state index contributed by atoms with van der Waals surface area (Å²) < 4.78 is 5.33. The number of hydrogen-bond donors (Lipinski definition) is 1. The van der Waals surface area contributed by atoms with Gasteiger partial charge >= 0.3 is 5.97 Å². The molecule has 1 aliphatic rings. The Bertz CT molecular complexity index is 409. The normalized spacial score (nSPS) is 20.0. The van der Waals surface area contributed by atoms with Gasteiger partial charge < -0.3 is 14.4 Å². The van der Waals surface area contributed by atoms with Crippen LogP contribution in [0.4, 0.5) is 5.88 Å². The van der Waals surface area contributed by atoms with E-state index in [2.05, 4.69) is 18.7 Å². The lowest BCUT2D eigenvalue weighted by atomic mass is 9.85. The molecule has 1 N–H and O–H groups in total. The molecule has 0 amide bonds. The standard InChI is InChI=1S/C13H19NO3/c1-13(2)6-3-8-14(9-7-13)11-5-4-10(17-11)12(15)16/h4-5H,3,6-9H2,1-2H3,(H,15,16). The van der Waals surface area contributed by atoms with Crippen LogP contribution in [0.15, 0.2) is 16.5 Å². The third-order valence-corrected chi connectivity index (χ3v) is 3.45. The van der Waals surface area contributed by atoms with Gasteiger partial charge in [0.05, 0.1) is 0 Å². The predicted molar refractivity (Wildman–Crippen MR) is 65.5 cm³/mol. The van der Waals surface area contributed by atoms with Crippen LogP contribution in [0.1, 0.15) is 43.7 Å². The van der Waals surface area contributed by atoms with Crippen LogP contribution >= 0.6 is 0 Å². The summed E-state index contributed by atoms with van der Waals surface area (Å²) in [5.74, 6) is -0.310.